The van der Waals surface area contributed by atoms with Crippen molar-refractivity contribution in [2.45, 2.75) is 19.4 Å². The molecule has 0 saturated carbocycles. The summed E-state index contributed by atoms with van der Waals surface area (Å²) in [6, 6.07) is 8.76. The van der Waals surface area contributed by atoms with E-state index in [-0.39, 0.29) is 6.04 Å². The molecular formula is C15H15ClF2N2. The molecule has 5 heteroatoms. The van der Waals surface area contributed by atoms with E-state index in [0.717, 1.165) is 17.2 Å². The van der Waals surface area contributed by atoms with Crippen molar-refractivity contribution in [3.8, 4) is 0 Å². The molecule has 0 spiro atoms. The Hall–Kier alpha value is -1.49. The molecule has 20 heavy (non-hydrogen) atoms. The Morgan fingerprint density at radius 3 is 2.55 bits per heavy atom. The number of nitrogens with two attached hydrogens (primary N) is 1. The van der Waals surface area contributed by atoms with E-state index in [1.807, 2.05) is 19.1 Å². The van der Waals surface area contributed by atoms with Gasteiger partial charge in [0.15, 0.2) is 0 Å². The summed E-state index contributed by atoms with van der Waals surface area (Å²) < 4.78 is 26.6. The van der Waals surface area contributed by atoms with Crippen LogP contribution in [0, 0.1) is 18.6 Å². The quantitative estimate of drug-likeness (QED) is 0.667. The van der Waals surface area contributed by atoms with Gasteiger partial charge in [-0.25, -0.2) is 8.78 Å². The molecule has 0 heterocycles. The Balaban J connectivity index is 2.28. The number of halogens is 3. The largest absolute Gasteiger partial charge is 0.271 e. The lowest BCUT2D eigenvalue weighted by molar-refractivity contribution is 0.522. The second-order valence-electron chi connectivity index (χ2n) is 4.72. The second-order valence-corrected chi connectivity index (χ2v) is 5.16. The first-order valence-electron chi connectivity index (χ1n) is 6.16. The van der Waals surface area contributed by atoms with Crippen LogP contribution in [0.15, 0.2) is 36.4 Å². The third-order valence-corrected chi connectivity index (χ3v) is 3.33. The van der Waals surface area contributed by atoms with E-state index in [9.17, 15) is 8.78 Å². The SMILES string of the molecule is Cc1cc(Cl)cc(C(Cc2ccc(F)cc2F)NN)c1. The van der Waals surface area contributed by atoms with Crippen LogP contribution in [0.4, 0.5) is 8.78 Å². The van der Waals surface area contributed by atoms with Crippen molar-refractivity contribution in [1.29, 1.82) is 0 Å². The molecule has 0 fully saturated rings. The lowest BCUT2D eigenvalue weighted by Crippen LogP contribution is -2.29. The molecule has 3 N–H and O–H groups in total. The molecule has 106 valence electrons. The highest BCUT2D eigenvalue weighted by atomic mass is 35.5. The van der Waals surface area contributed by atoms with E-state index in [2.05, 4.69) is 5.43 Å². The Morgan fingerprint density at radius 2 is 1.95 bits per heavy atom. The minimum atomic E-state index is -0.595. The zero-order valence-corrected chi connectivity index (χ0v) is 11.7. The molecule has 0 amide bonds. The Morgan fingerprint density at radius 1 is 1.20 bits per heavy atom. The highest BCUT2D eigenvalue weighted by molar-refractivity contribution is 6.30. The van der Waals surface area contributed by atoms with Crippen molar-refractivity contribution in [3.63, 3.8) is 0 Å². The van der Waals surface area contributed by atoms with Gasteiger partial charge in [-0.05, 0) is 48.2 Å². The van der Waals surface area contributed by atoms with Crippen molar-refractivity contribution >= 4 is 11.6 Å². The number of rotatable bonds is 4. The predicted molar refractivity (Wildman–Crippen MR) is 76.3 cm³/mol. The number of hydrogen-bond acceptors (Lipinski definition) is 2. The van der Waals surface area contributed by atoms with Crippen molar-refractivity contribution in [1.82, 2.24) is 5.43 Å². The maximum Gasteiger partial charge on any atom is 0.129 e. The minimum Gasteiger partial charge on any atom is -0.271 e. The van der Waals surface area contributed by atoms with E-state index in [1.165, 1.54) is 12.1 Å². The first-order chi connectivity index (χ1) is 9.49. The van der Waals surface area contributed by atoms with Gasteiger partial charge in [0.25, 0.3) is 0 Å². The second kappa shape index (κ2) is 6.31. The standard InChI is InChI=1S/C15H15ClF2N2/c1-9-4-11(6-12(16)5-9)15(20-19)7-10-2-3-13(17)8-14(10)18/h2-6,8,15,20H,7,19H2,1H3. The van der Waals surface area contributed by atoms with Crippen molar-refractivity contribution in [3.05, 3.63) is 69.7 Å². The molecule has 0 aliphatic carbocycles. The van der Waals surface area contributed by atoms with Gasteiger partial charge in [-0.2, -0.15) is 0 Å². The van der Waals surface area contributed by atoms with Crippen LogP contribution in [0.5, 0.6) is 0 Å². The molecule has 2 rings (SSSR count). The van der Waals surface area contributed by atoms with Crippen LogP contribution in [-0.4, -0.2) is 0 Å². The number of nitrogens with one attached hydrogen (secondary N) is 1. The summed E-state index contributed by atoms with van der Waals surface area (Å²) in [6.45, 7) is 1.92. The normalized spacial score (nSPS) is 12.4. The topological polar surface area (TPSA) is 38.0 Å². The summed E-state index contributed by atoms with van der Waals surface area (Å²) >= 11 is 6.01. The minimum absolute atomic E-state index is 0.299. The van der Waals surface area contributed by atoms with Crippen molar-refractivity contribution in [2.75, 3.05) is 0 Å². The highest BCUT2D eigenvalue weighted by Crippen LogP contribution is 2.24. The van der Waals surface area contributed by atoms with E-state index < -0.39 is 11.6 Å². The fourth-order valence-electron chi connectivity index (χ4n) is 2.15. The fourth-order valence-corrected chi connectivity index (χ4v) is 2.44. The smallest absolute Gasteiger partial charge is 0.129 e. The molecule has 1 atom stereocenters. The molecule has 0 aliphatic rings. The summed E-state index contributed by atoms with van der Waals surface area (Å²) in [5.74, 6) is 4.37. The molecule has 0 saturated heterocycles. The van der Waals surface area contributed by atoms with Gasteiger partial charge in [0.2, 0.25) is 0 Å². The maximum atomic E-state index is 13.7. The maximum absolute atomic E-state index is 13.7. The first kappa shape index (κ1) is 14.9. The molecule has 2 aromatic carbocycles. The fraction of sp³-hybridized carbons (Fsp3) is 0.200. The van der Waals surface area contributed by atoms with Gasteiger partial charge in [0, 0.05) is 11.1 Å². The predicted octanol–water partition coefficient (Wildman–Crippen LogP) is 3.67. The van der Waals surface area contributed by atoms with Crippen LogP contribution in [0.2, 0.25) is 5.02 Å². The zero-order valence-electron chi connectivity index (χ0n) is 11.0. The van der Waals surface area contributed by atoms with Gasteiger partial charge in [-0.15, -0.1) is 0 Å². The zero-order chi connectivity index (χ0) is 14.7. The summed E-state index contributed by atoms with van der Waals surface area (Å²) in [5, 5.41) is 0.597. The van der Waals surface area contributed by atoms with Gasteiger partial charge in [-0.1, -0.05) is 23.7 Å². The third kappa shape index (κ3) is 3.54. The Labute approximate surface area is 121 Å². The first-order valence-corrected chi connectivity index (χ1v) is 6.54. The van der Waals surface area contributed by atoms with Gasteiger partial charge >= 0.3 is 0 Å². The lowest BCUT2D eigenvalue weighted by Gasteiger charge is -2.18. The Kier molecular flexibility index (Phi) is 4.70. The lowest BCUT2D eigenvalue weighted by atomic mass is 9.98. The van der Waals surface area contributed by atoms with Gasteiger partial charge in [0.1, 0.15) is 11.6 Å². The average molecular weight is 297 g/mol. The summed E-state index contributed by atoms with van der Waals surface area (Å²) in [6.07, 6.45) is 0.308. The van der Waals surface area contributed by atoms with E-state index in [1.54, 1.807) is 6.07 Å². The van der Waals surface area contributed by atoms with E-state index in [0.29, 0.717) is 17.0 Å². The van der Waals surface area contributed by atoms with Gasteiger partial charge in [-0.3, -0.25) is 11.3 Å². The molecule has 0 radical (unpaired) electrons. The number of hydrazine groups is 1. The van der Waals surface area contributed by atoms with Gasteiger partial charge < -0.3 is 0 Å². The molecule has 2 aromatic rings. The summed E-state index contributed by atoms with van der Waals surface area (Å²) in [4.78, 5) is 0. The third-order valence-electron chi connectivity index (χ3n) is 3.11. The molecular weight excluding hydrogens is 282 g/mol. The van der Waals surface area contributed by atoms with Crippen LogP contribution in [0.3, 0.4) is 0 Å². The summed E-state index contributed by atoms with van der Waals surface area (Å²) in [5.41, 5.74) is 4.89. The number of aryl methyl sites for hydroxylation is 1. The van der Waals surface area contributed by atoms with Crippen LogP contribution < -0.4 is 11.3 Å². The van der Waals surface area contributed by atoms with Crippen molar-refractivity contribution in [2.24, 2.45) is 5.84 Å². The van der Waals surface area contributed by atoms with Crippen LogP contribution in [0.25, 0.3) is 0 Å². The van der Waals surface area contributed by atoms with Crippen LogP contribution in [0.1, 0.15) is 22.7 Å². The van der Waals surface area contributed by atoms with Gasteiger partial charge in [0.05, 0.1) is 6.04 Å². The highest BCUT2D eigenvalue weighted by Gasteiger charge is 2.14. The van der Waals surface area contributed by atoms with E-state index >= 15 is 0 Å². The molecule has 1 unspecified atom stereocenters. The van der Waals surface area contributed by atoms with Crippen molar-refractivity contribution < 1.29 is 8.78 Å². The van der Waals surface area contributed by atoms with Crippen LogP contribution in [-0.2, 0) is 6.42 Å². The molecule has 2 nitrogen and oxygen atoms in total. The summed E-state index contributed by atoms with van der Waals surface area (Å²) in [7, 11) is 0. The average Bonchev–Trinajstić information content (AvgIpc) is 2.36. The van der Waals surface area contributed by atoms with Crippen LogP contribution >= 0.6 is 11.6 Å². The monoisotopic (exact) mass is 296 g/mol. The number of benzene rings is 2. The molecule has 0 aliphatic heterocycles. The molecule has 0 bridgehead atoms. The van der Waals surface area contributed by atoms with E-state index in [4.69, 9.17) is 17.4 Å². The Bertz CT molecular complexity index is 597. The number of hydrogen-bond donors (Lipinski definition) is 2. The molecule has 0 aromatic heterocycles.